The Bertz CT molecular complexity index is 930. The van der Waals surface area contributed by atoms with Crippen molar-refractivity contribution in [3.63, 3.8) is 0 Å². The molecule has 0 aliphatic carbocycles. The summed E-state index contributed by atoms with van der Waals surface area (Å²) in [5, 5.41) is 0. The van der Waals surface area contributed by atoms with Crippen molar-refractivity contribution in [1.82, 2.24) is 0 Å². The van der Waals surface area contributed by atoms with Gasteiger partial charge < -0.3 is 4.90 Å². The molecule has 0 bridgehead atoms. The highest BCUT2D eigenvalue weighted by Crippen LogP contribution is 2.45. The van der Waals surface area contributed by atoms with Gasteiger partial charge in [0.25, 0.3) is 0 Å². The largest absolute Gasteiger partial charge is 0.326 e. The number of hydrogen-bond acceptors (Lipinski definition) is 3. The molecule has 0 spiro atoms. The summed E-state index contributed by atoms with van der Waals surface area (Å²) in [6.45, 7) is 3.07. The van der Waals surface area contributed by atoms with Crippen LogP contribution in [0.2, 0.25) is 0 Å². The number of allylic oxidation sites excluding steroid dienone is 1. The zero-order chi connectivity index (χ0) is 17.8. The van der Waals surface area contributed by atoms with E-state index in [1.165, 1.54) is 11.4 Å². The predicted molar refractivity (Wildman–Crippen MR) is 111 cm³/mol. The third-order valence-electron chi connectivity index (χ3n) is 4.45. The fourth-order valence-corrected chi connectivity index (χ4v) is 3.30. The van der Waals surface area contributed by atoms with E-state index in [1.54, 1.807) is 0 Å². The van der Waals surface area contributed by atoms with Gasteiger partial charge in [-0.05, 0) is 49.4 Å². The molecule has 3 heteroatoms. The molecule has 128 valence electrons. The second-order valence-electron chi connectivity index (χ2n) is 6.04. The van der Waals surface area contributed by atoms with E-state index in [1.807, 2.05) is 42.6 Å². The van der Waals surface area contributed by atoms with E-state index >= 15 is 0 Å². The summed E-state index contributed by atoms with van der Waals surface area (Å²) < 4.78 is 0. The zero-order valence-electron chi connectivity index (χ0n) is 14.8. The van der Waals surface area contributed by atoms with Crippen molar-refractivity contribution in [2.45, 2.75) is 6.92 Å². The minimum absolute atomic E-state index is 0.894. The van der Waals surface area contributed by atoms with Crippen LogP contribution in [0.5, 0.6) is 0 Å². The molecule has 3 nitrogen and oxygen atoms in total. The summed E-state index contributed by atoms with van der Waals surface area (Å²) in [5.74, 6) is 1.11. The highest BCUT2D eigenvalue weighted by atomic mass is 15.4. The summed E-state index contributed by atoms with van der Waals surface area (Å²) in [7, 11) is 0. The molecule has 1 aliphatic heterocycles. The van der Waals surface area contributed by atoms with Crippen LogP contribution in [0.1, 0.15) is 6.92 Å². The zero-order valence-corrected chi connectivity index (χ0v) is 14.8. The molecular weight excluding hydrogens is 318 g/mol. The van der Waals surface area contributed by atoms with Gasteiger partial charge in [0.05, 0.1) is 17.1 Å². The Morgan fingerprint density at radius 2 is 1.38 bits per heavy atom. The Balaban J connectivity index is 1.77. The fraction of sp³-hybridized carbons (Fsp3) is 0.0870. The summed E-state index contributed by atoms with van der Waals surface area (Å²) in [4.78, 5) is 9.18. The van der Waals surface area contributed by atoms with Crippen LogP contribution in [0.4, 0.5) is 22.7 Å². The van der Waals surface area contributed by atoms with Gasteiger partial charge in [0.15, 0.2) is 0 Å². The van der Waals surface area contributed by atoms with E-state index in [2.05, 4.69) is 76.3 Å². The first-order valence-electron chi connectivity index (χ1n) is 8.89. The molecule has 0 atom stereocenters. The lowest BCUT2D eigenvalue weighted by atomic mass is 10.2. The smallest absolute Gasteiger partial charge is 0.119 e. The third kappa shape index (κ3) is 3.00. The van der Waals surface area contributed by atoms with Crippen LogP contribution < -0.4 is 9.80 Å². The Labute approximate surface area is 154 Å². The molecule has 0 amide bonds. The lowest BCUT2D eigenvalue weighted by Crippen LogP contribution is -2.25. The molecule has 4 rings (SSSR count). The quantitative estimate of drug-likeness (QED) is 0.550. The maximum Gasteiger partial charge on any atom is 0.119 e. The van der Waals surface area contributed by atoms with E-state index < -0.39 is 0 Å². The standard InChI is InChI=1S/C23H21N3/c1-2-25-21-15-9-10-16-22(21)26(20-13-7-4-8-14-20)23(25)17-18-24-19-11-5-3-6-12-19/h3-18H,2H2,1H3. The first-order valence-corrected chi connectivity index (χ1v) is 8.89. The highest BCUT2D eigenvalue weighted by Gasteiger charge is 2.30. The molecule has 0 saturated carbocycles. The van der Waals surface area contributed by atoms with E-state index in [9.17, 15) is 0 Å². The Hall–Kier alpha value is -3.33. The van der Waals surface area contributed by atoms with Gasteiger partial charge in [-0.1, -0.05) is 48.5 Å². The fourth-order valence-electron chi connectivity index (χ4n) is 3.30. The molecule has 1 heterocycles. The summed E-state index contributed by atoms with van der Waals surface area (Å²) in [5.41, 5.74) is 4.52. The molecule has 26 heavy (non-hydrogen) atoms. The second-order valence-corrected chi connectivity index (χ2v) is 6.04. The first-order chi connectivity index (χ1) is 12.9. The van der Waals surface area contributed by atoms with E-state index in [0.29, 0.717) is 0 Å². The van der Waals surface area contributed by atoms with E-state index in [0.717, 1.165) is 23.7 Å². The predicted octanol–water partition coefficient (Wildman–Crippen LogP) is 5.91. The third-order valence-corrected chi connectivity index (χ3v) is 4.45. The average Bonchev–Trinajstić information content (AvgIpc) is 3.02. The number of anilines is 3. The summed E-state index contributed by atoms with van der Waals surface area (Å²) in [6, 6.07) is 29.0. The van der Waals surface area contributed by atoms with E-state index in [-0.39, 0.29) is 0 Å². The molecule has 0 N–H and O–H groups in total. The monoisotopic (exact) mass is 339 g/mol. The van der Waals surface area contributed by atoms with Crippen molar-refractivity contribution in [3.05, 3.63) is 96.8 Å². The second kappa shape index (κ2) is 7.28. The number of fused-ring (bicyclic) bond motifs is 1. The molecule has 3 aromatic rings. The van der Waals surface area contributed by atoms with Gasteiger partial charge in [-0.2, -0.15) is 0 Å². The number of rotatable bonds is 4. The number of nitrogens with zero attached hydrogens (tertiary/aromatic N) is 3. The van der Waals surface area contributed by atoms with Gasteiger partial charge in [0, 0.05) is 18.4 Å². The van der Waals surface area contributed by atoms with Crippen LogP contribution >= 0.6 is 0 Å². The van der Waals surface area contributed by atoms with Crippen LogP contribution in [0.15, 0.2) is 102 Å². The highest BCUT2D eigenvalue weighted by molar-refractivity contribution is 5.91. The van der Waals surface area contributed by atoms with Crippen molar-refractivity contribution in [2.75, 3.05) is 16.3 Å². The Morgan fingerprint density at radius 1 is 0.769 bits per heavy atom. The minimum atomic E-state index is 0.894. The molecule has 0 aromatic heterocycles. The van der Waals surface area contributed by atoms with Gasteiger partial charge in [0.1, 0.15) is 5.82 Å². The Kier molecular flexibility index (Phi) is 4.52. The maximum absolute atomic E-state index is 4.57. The lowest BCUT2D eigenvalue weighted by molar-refractivity contribution is 0.964. The maximum atomic E-state index is 4.57. The SMILES string of the molecule is CCN1C(=CC=Nc2ccccc2)N(c2ccccc2)c2ccccc21. The van der Waals surface area contributed by atoms with Gasteiger partial charge in [-0.15, -0.1) is 0 Å². The van der Waals surface area contributed by atoms with Gasteiger partial charge in [-0.25, -0.2) is 0 Å². The first kappa shape index (κ1) is 16.2. The molecule has 3 aromatic carbocycles. The summed E-state index contributed by atoms with van der Waals surface area (Å²) >= 11 is 0. The van der Waals surface area contributed by atoms with Crippen LogP contribution in [-0.2, 0) is 0 Å². The number of para-hydroxylation sites is 4. The Morgan fingerprint density at radius 3 is 2.08 bits per heavy atom. The molecule has 0 unspecified atom stereocenters. The normalized spacial score (nSPS) is 15.0. The van der Waals surface area contributed by atoms with Crippen LogP contribution in [0.3, 0.4) is 0 Å². The van der Waals surface area contributed by atoms with Gasteiger partial charge in [0.2, 0.25) is 0 Å². The van der Waals surface area contributed by atoms with Crippen molar-refractivity contribution in [1.29, 1.82) is 0 Å². The van der Waals surface area contributed by atoms with Crippen molar-refractivity contribution in [3.8, 4) is 0 Å². The number of hydrogen-bond donors (Lipinski definition) is 0. The van der Waals surface area contributed by atoms with Crippen LogP contribution in [0, 0.1) is 0 Å². The molecular formula is C23H21N3. The molecule has 0 radical (unpaired) electrons. The number of benzene rings is 3. The summed E-state index contributed by atoms with van der Waals surface area (Å²) in [6.07, 6.45) is 3.97. The average molecular weight is 339 g/mol. The van der Waals surface area contributed by atoms with Crippen molar-refractivity contribution in [2.24, 2.45) is 4.99 Å². The molecule has 0 fully saturated rings. The lowest BCUT2D eigenvalue weighted by Gasteiger charge is -2.24. The van der Waals surface area contributed by atoms with Crippen LogP contribution in [-0.4, -0.2) is 12.8 Å². The van der Waals surface area contributed by atoms with Crippen molar-refractivity contribution >= 4 is 29.0 Å². The molecule has 0 saturated heterocycles. The van der Waals surface area contributed by atoms with Crippen LogP contribution in [0.25, 0.3) is 0 Å². The topological polar surface area (TPSA) is 18.8 Å². The van der Waals surface area contributed by atoms with E-state index in [4.69, 9.17) is 0 Å². The van der Waals surface area contributed by atoms with Crippen molar-refractivity contribution < 1.29 is 0 Å². The molecule has 1 aliphatic rings. The van der Waals surface area contributed by atoms with Gasteiger partial charge >= 0.3 is 0 Å². The van der Waals surface area contributed by atoms with Gasteiger partial charge in [-0.3, -0.25) is 9.89 Å². The number of aliphatic imine (C=N–C) groups is 1. The minimum Gasteiger partial charge on any atom is -0.326 e.